The minimum atomic E-state index is -0.365. The van der Waals surface area contributed by atoms with E-state index in [-0.39, 0.29) is 23.6 Å². The number of rotatable bonds is 9. The second-order valence-electron chi connectivity index (χ2n) is 7.39. The number of para-hydroxylation sites is 1. The van der Waals surface area contributed by atoms with Crippen molar-refractivity contribution in [2.75, 3.05) is 7.11 Å². The Bertz CT molecular complexity index is 1330. The van der Waals surface area contributed by atoms with E-state index in [1.807, 2.05) is 31.2 Å². The zero-order chi connectivity index (χ0) is 24.8. The van der Waals surface area contributed by atoms with Crippen LogP contribution in [-0.2, 0) is 11.4 Å². The van der Waals surface area contributed by atoms with Gasteiger partial charge in [-0.25, -0.2) is 14.8 Å². The highest BCUT2D eigenvalue weighted by atomic mass is 79.9. The first kappa shape index (κ1) is 25.2. The number of halogens is 2. The fraction of sp³-hybridized carbons (Fsp3) is 0.160. The van der Waals surface area contributed by atoms with Crippen LogP contribution in [0.25, 0.3) is 10.2 Å². The van der Waals surface area contributed by atoms with E-state index in [1.165, 1.54) is 37.2 Å². The molecule has 180 valence electrons. The number of amides is 1. The lowest BCUT2D eigenvalue weighted by Crippen LogP contribution is -2.26. The number of carbonyl (C=O) groups is 1. The molecule has 1 N–H and O–H groups in total. The number of ether oxygens (including phenoxy) is 2. The predicted octanol–water partition coefficient (Wildman–Crippen LogP) is 6.42. The molecule has 6 nitrogen and oxygen atoms in total. The van der Waals surface area contributed by atoms with E-state index in [2.05, 4.69) is 31.4 Å². The number of nitrogens with one attached hydrogen (secondary N) is 1. The van der Waals surface area contributed by atoms with Crippen LogP contribution in [0.15, 0.2) is 74.6 Å². The lowest BCUT2D eigenvalue weighted by molar-refractivity contribution is -0.120. The number of fused-ring (bicyclic) bond motifs is 1. The van der Waals surface area contributed by atoms with Crippen LogP contribution in [0.5, 0.6) is 11.5 Å². The van der Waals surface area contributed by atoms with Gasteiger partial charge in [0.05, 0.1) is 33.3 Å². The van der Waals surface area contributed by atoms with Crippen LogP contribution in [0.2, 0.25) is 0 Å². The number of carbonyl (C=O) groups excluding carboxylic acids is 1. The molecule has 1 heterocycles. The van der Waals surface area contributed by atoms with E-state index in [0.717, 1.165) is 20.1 Å². The first-order valence-electron chi connectivity index (χ1n) is 10.5. The van der Waals surface area contributed by atoms with Gasteiger partial charge in [0.2, 0.25) is 0 Å². The molecule has 1 amide bonds. The molecular weight excluding hydrogens is 553 g/mol. The Kier molecular flexibility index (Phi) is 8.37. The Morgan fingerprint density at radius 2 is 2.03 bits per heavy atom. The summed E-state index contributed by atoms with van der Waals surface area (Å²) < 4.78 is 27.0. The van der Waals surface area contributed by atoms with E-state index in [4.69, 9.17) is 9.47 Å². The van der Waals surface area contributed by atoms with Gasteiger partial charge in [0, 0.05) is 0 Å². The quantitative estimate of drug-likeness (QED) is 0.142. The van der Waals surface area contributed by atoms with Crippen molar-refractivity contribution in [3.63, 3.8) is 0 Å². The highest BCUT2D eigenvalue weighted by Gasteiger charge is 2.17. The fourth-order valence-corrected chi connectivity index (χ4v) is 5.84. The Hall–Kier alpha value is -2.95. The van der Waals surface area contributed by atoms with Crippen molar-refractivity contribution >= 4 is 61.4 Å². The number of nitrogens with zero attached hydrogens (tertiary/aromatic N) is 2. The third-order valence-electron chi connectivity index (χ3n) is 4.86. The van der Waals surface area contributed by atoms with Crippen molar-refractivity contribution in [2.45, 2.75) is 23.1 Å². The topological polar surface area (TPSA) is 72.8 Å². The third kappa shape index (κ3) is 6.59. The molecule has 0 saturated heterocycles. The molecule has 0 radical (unpaired) electrons. The average Bonchev–Trinajstić information content (AvgIpc) is 3.26. The van der Waals surface area contributed by atoms with Crippen LogP contribution >= 0.6 is 39.0 Å². The number of methoxy groups -OCH3 is 1. The van der Waals surface area contributed by atoms with Gasteiger partial charge in [-0.3, -0.25) is 4.79 Å². The largest absolute Gasteiger partial charge is 0.493 e. The number of thioether (sulfide) groups is 1. The Balaban J connectivity index is 1.36. The van der Waals surface area contributed by atoms with Gasteiger partial charge >= 0.3 is 0 Å². The van der Waals surface area contributed by atoms with Crippen molar-refractivity contribution in [3.05, 3.63) is 82.1 Å². The third-order valence-corrected chi connectivity index (χ3v) is 7.68. The van der Waals surface area contributed by atoms with Gasteiger partial charge in [-0.1, -0.05) is 36.0 Å². The van der Waals surface area contributed by atoms with Gasteiger partial charge < -0.3 is 9.47 Å². The molecule has 0 bridgehead atoms. The van der Waals surface area contributed by atoms with E-state index in [9.17, 15) is 9.18 Å². The molecule has 0 fully saturated rings. The van der Waals surface area contributed by atoms with Crippen LogP contribution in [0, 0.1) is 5.82 Å². The molecule has 1 atom stereocenters. The maximum atomic E-state index is 13.1. The molecule has 0 unspecified atom stereocenters. The molecule has 4 rings (SSSR count). The Labute approximate surface area is 218 Å². The molecule has 10 heteroatoms. The summed E-state index contributed by atoms with van der Waals surface area (Å²) in [6, 6.07) is 17.5. The van der Waals surface area contributed by atoms with Gasteiger partial charge in [0.15, 0.2) is 15.8 Å². The first-order chi connectivity index (χ1) is 16.9. The molecule has 3 aromatic carbocycles. The molecular formula is C25H21BrFN3O3S2. The van der Waals surface area contributed by atoms with E-state index in [1.54, 1.807) is 35.6 Å². The lowest BCUT2D eigenvalue weighted by Gasteiger charge is -2.13. The predicted molar refractivity (Wildman–Crippen MR) is 142 cm³/mol. The van der Waals surface area contributed by atoms with E-state index >= 15 is 0 Å². The molecule has 0 saturated carbocycles. The zero-order valence-corrected chi connectivity index (χ0v) is 22.0. The number of hydrazone groups is 1. The minimum Gasteiger partial charge on any atom is -0.493 e. The van der Waals surface area contributed by atoms with Crippen LogP contribution in [0.1, 0.15) is 18.1 Å². The molecule has 0 spiro atoms. The monoisotopic (exact) mass is 573 g/mol. The summed E-state index contributed by atoms with van der Waals surface area (Å²) in [6.07, 6.45) is 1.53. The van der Waals surface area contributed by atoms with Crippen molar-refractivity contribution < 1.29 is 18.7 Å². The van der Waals surface area contributed by atoms with Crippen LogP contribution < -0.4 is 14.9 Å². The maximum Gasteiger partial charge on any atom is 0.253 e. The van der Waals surface area contributed by atoms with Crippen molar-refractivity contribution in [1.29, 1.82) is 0 Å². The lowest BCUT2D eigenvalue weighted by atomic mass is 10.2. The normalized spacial score (nSPS) is 12.1. The van der Waals surface area contributed by atoms with Gasteiger partial charge in [-0.05, 0) is 70.4 Å². The van der Waals surface area contributed by atoms with Crippen LogP contribution in [0.3, 0.4) is 0 Å². The number of aromatic nitrogens is 1. The number of thiazole rings is 1. The van der Waals surface area contributed by atoms with E-state index in [0.29, 0.717) is 21.5 Å². The van der Waals surface area contributed by atoms with Gasteiger partial charge in [-0.15, -0.1) is 11.3 Å². The molecule has 35 heavy (non-hydrogen) atoms. The van der Waals surface area contributed by atoms with Crippen molar-refractivity contribution in [1.82, 2.24) is 10.4 Å². The Morgan fingerprint density at radius 1 is 1.26 bits per heavy atom. The second-order valence-corrected chi connectivity index (χ2v) is 10.9. The smallest absolute Gasteiger partial charge is 0.253 e. The minimum absolute atomic E-state index is 0.226. The summed E-state index contributed by atoms with van der Waals surface area (Å²) in [4.78, 5) is 17.0. The summed E-state index contributed by atoms with van der Waals surface area (Å²) >= 11 is 6.45. The summed E-state index contributed by atoms with van der Waals surface area (Å²) in [5.41, 5.74) is 5.03. The molecule has 4 aromatic rings. The van der Waals surface area contributed by atoms with Gasteiger partial charge in [0.1, 0.15) is 12.4 Å². The van der Waals surface area contributed by atoms with Crippen molar-refractivity contribution in [2.24, 2.45) is 5.10 Å². The standard InChI is InChI=1S/C25H21BrFN3O3S2/c1-15(34-25-29-20-5-3-4-6-22(20)35-25)24(31)30-28-13-17-11-19(26)23(21(12-17)32-2)33-14-16-7-9-18(27)10-8-16/h3-13,15H,14H2,1-2H3,(H,30,31)/b28-13-/t15-/m1/s1. The summed E-state index contributed by atoms with van der Waals surface area (Å²) in [6.45, 7) is 2.07. The fourth-order valence-electron chi connectivity index (χ4n) is 3.06. The van der Waals surface area contributed by atoms with E-state index < -0.39 is 0 Å². The van der Waals surface area contributed by atoms with Crippen LogP contribution in [0.4, 0.5) is 4.39 Å². The average molecular weight is 574 g/mol. The number of hydrogen-bond acceptors (Lipinski definition) is 7. The number of benzene rings is 3. The summed E-state index contributed by atoms with van der Waals surface area (Å²) in [7, 11) is 1.54. The van der Waals surface area contributed by atoms with Crippen molar-refractivity contribution in [3.8, 4) is 11.5 Å². The molecule has 1 aromatic heterocycles. The highest BCUT2D eigenvalue weighted by Crippen LogP contribution is 2.37. The highest BCUT2D eigenvalue weighted by molar-refractivity contribution is 9.10. The molecule has 0 aliphatic rings. The first-order valence-corrected chi connectivity index (χ1v) is 13.0. The zero-order valence-electron chi connectivity index (χ0n) is 18.8. The second kappa shape index (κ2) is 11.7. The Morgan fingerprint density at radius 3 is 2.77 bits per heavy atom. The SMILES string of the molecule is COc1cc(/C=N\NC(=O)[C@@H](C)Sc2nc3ccccc3s2)cc(Br)c1OCc1ccc(F)cc1. The molecule has 0 aliphatic carbocycles. The summed E-state index contributed by atoms with van der Waals surface area (Å²) in [5, 5.41) is 3.72. The number of hydrogen-bond donors (Lipinski definition) is 1. The van der Waals surface area contributed by atoms with Crippen LogP contribution in [-0.4, -0.2) is 29.5 Å². The summed E-state index contributed by atoms with van der Waals surface area (Å²) in [5.74, 6) is 0.483. The van der Waals surface area contributed by atoms with Gasteiger partial charge in [0.25, 0.3) is 5.91 Å². The maximum absolute atomic E-state index is 13.1. The molecule has 0 aliphatic heterocycles. The van der Waals surface area contributed by atoms with Gasteiger partial charge in [-0.2, -0.15) is 5.10 Å².